The molecule has 142 valence electrons. The van der Waals surface area contributed by atoms with Gasteiger partial charge in [-0.25, -0.2) is 4.98 Å². The molecule has 0 bridgehead atoms. The minimum absolute atomic E-state index is 0.0407. The number of rotatable bonds is 9. The van der Waals surface area contributed by atoms with Gasteiger partial charge >= 0.3 is 0 Å². The molecule has 0 saturated carbocycles. The topological polar surface area (TPSA) is 70.5 Å². The van der Waals surface area contributed by atoms with Crippen LogP contribution in [-0.4, -0.2) is 24.5 Å². The molecule has 0 spiro atoms. The van der Waals surface area contributed by atoms with E-state index in [0.717, 1.165) is 41.5 Å². The third-order valence-electron chi connectivity index (χ3n) is 4.80. The highest BCUT2D eigenvalue weighted by Gasteiger charge is 2.24. The Morgan fingerprint density at radius 1 is 1.19 bits per heavy atom. The van der Waals surface area contributed by atoms with Crippen molar-refractivity contribution in [2.24, 2.45) is 0 Å². The number of thiazole rings is 1. The zero-order chi connectivity index (χ0) is 18.6. The molecule has 1 aromatic carbocycles. The quantitative estimate of drug-likeness (QED) is 0.479. The van der Waals surface area contributed by atoms with Gasteiger partial charge in [0.1, 0.15) is 0 Å². The first-order valence-corrected chi connectivity index (χ1v) is 11.6. The third-order valence-corrected chi connectivity index (χ3v) is 6.56. The standard InChI is InChI=1S/C19H26N2O3S2/c1-2-3-4-5-6-7-8-16-14-25-19(20-16)21-12-11-15-13-17(26(22,23)24)9-10-18(15)21/h9-10,13-14H,2-8,11-12H2,1H3,(H,22,23,24). The fraction of sp³-hybridized carbons (Fsp3) is 0.526. The first kappa shape index (κ1) is 19.3. The molecule has 7 heteroatoms. The van der Waals surface area contributed by atoms with E-state index in [1.165, 1.54) is 44.6 Å². The SMILES string of the molecule is CCCCCCCCc1csc(N2CCc3cc(S(=O)(=O)O)ccc32)n1. The maximum atomic E-state index is 11.3. The monoisotopic (exact) mass is 394 g/mol. The molecule has 1 aliphatic rings. The van der Waals surface area contributed by atoms with Crippen molar-refractivity contribution in [2.75, 3.05) is 11.4 Å². The zero-order valence-corrected chi connectivity index (χ0v) is 16.8. The Morgan fingerprint density at radius 2 is 1.96 bits per heavy atom. The van der Waals surface area contributed by atoms with E-state index in [-0.39, 0.29) is 4.90 Å². The highest BCUT2D eigenvalue weighted by Crippen LogP contribution is 2.37. The molecule has 2 aromatic rings. The van der Waals surface area contributed by atoms with Crippen LogP contribution in [0.25, 0.3) is 0 Å². The summed E-state index contributed by atoms with van der Waals surface area (Å²) in [5.41, 5.74) is 3.06. The van der Waals surface area contributed by atoms with Crippen LogP contribution in [0.5, 0.6) is 0 Å². The van der Waals surface area contributed by atoms with Crippen LogP contribution in [0.4, 0.5) is 10.8 Å². The second kappa shape index (κ2) is 8.50. The predicted octanol–water partition coefficient (Wildman–Crippen LogP) is 4.99. The maximum Gasteiger partial charge on any atom is 0.294 e. The second-order valence-electron chi connectivity index (χ2n) is 6.81. The minimum Gasteiger partial charge on any atom is -0.317 e. The Labute approximate surface area is 159 Å². The molecular weight excluding hydrogens is 368 g/mol. The van der Waals surface area contributed by atoms with Crippen LogP contribution < -0.4 is 4.90 Å². The van der Waals surface area contributed by atoms with Crippen molar-refractivity contribution in [1.29, 1.82) is 0 Å². The summed E-state index contributed by atoms with van der Waals surface area (Å²) in [6.45, 7) is 3.02. The lowest BCUT2D eigenvalue weighted by molar-refractivity contribution is 0.483. The first-order chi connectivity index (χ1) is 12.5. The smallest absolute Gasteiger partial charge is 0.294 e. The van der Waals surface area contributed by atoms with Crippen molar-refractivity contribution in [1.82, 2.24) is 4.98 Å². The predicted molar refractivity (Wildman–Crippen MR) is 106 cm³/mol. The molecule has 2 heterocycles. The summed E-state index contributed by atoms with van der Waals surface area (Å²) in [7, 11) is -4.15. The lowest BCUT2D eigenvalue weighted by Gasteiger charge is -2.15. The van der Waals surface area contributed by atoms with Gasteiger partial charge in [-0.3, -0.25) is 4.55 Å². The molecule has 0 atom stereocenters. The molecular formula is C19H26N2O3S2. The van der Waals surface area contributed by atoms with Crippen molar-refractivity contribution in [3.05, 3.63) is 34.8 Å². The van der Waals surface area contributed by atoms with Crippen molar-refractivity contribution in [3.8, 4) is 0 Å². The van der Waals surface area contributed by atoms with E-state index in [1.54, 1.807) is 23.5 Å². The Morgan fingerprint density at radius 3 is 2.73 bits per heavy atom. The number of hydrogen-bond acceptors (Lipinski definition) is 5. The zero-order valence-electron chi connectivity index (χ0n) is 15.1. The van der Waals surface area contributed by atoms with Gasteiger partial charge in [-0.05, 0) is 43.0 Å². The normalized spacial score (nSPS) is 14.0. The molecule has 5 nitrogen and oxygen atoms in total. The van der Waals surface area contributed by atoms with E-state index < -0.39 is 10.1 Å². The highest BCUT2D eigenvalue weighted by molar-refractivity contribution is 7.85. The molecule has 0 aliphatic carbocycles. The van der Waals surface area contributed by atoms with Crippen LogP contribution in [0.15, 0.2) is 28.5 Å². The Bertz CT molecular complexity index is 846. The van der Waals surface area contributed by atoms with E-state index in [2.05, 4.69) is 17.2 Å². The van der Waals surface area contributed by atoms with E-state index in [4.69, 9.17) is 4.98 Å². The van der Waals surface area contributed by atoms with Crippen molar-refractivity contribution in [3.63, 3.8) is 0 Å². The lowest BCUT2D eigenvalue weighted by Crippen LogP contribution is -2.13. The number of hydrogen-bond donors (Lipinski definition) is 1. The summed E-state index contributed by atoms with van der Waals surface area (Å²) in [4.78, 5) is 6.87. The van der Waals surface area contributed by atoms with Crippen LogP contribution in [0.3, 0.4) is 0 Å². The summed E-state index contributed by atoms with van der Waals surface area (Å²) in [6, 6.07) is 4.78. The number of anilines is 2. The number of benzene rings is 1. The van der Waals surface area contributed by atoms with Crippen molar-refractivity contribution < 1.29 is 13.0 Å². The van der Waals surface area contributed by atoms with Crippen LogP contribution >= 0.6 is 11.3 Å². The van der Waals surface area contributed by atoms with Crippen molar-refractivity contribution in [2.45, 2.75) is 63.2 Å². The maximum absolute atomic E-state index is 11.3. The van der Waals surface area contributed by atoms with Crippen LogP contribution in [0.2, 0.25) is 0 Å². The highest BCUT2D eigenvalue weighted by atomic mass is 32.2. The van der Waals surface area contributed by atoms with Gasteiger partial charge in [0.2, 0.25) is 0 Å². The Hall–Kier alpha value is -1.44. The van der Waals surface area contributed by atoms with Crippen LogP contribution in [-0.2, 0) is 23.0 Å². The summed E-state index contributed by atoms with van der Waals surface area (Å²) in [6.07, 6.45) is 9.46. The third kappa shape index (κ3) is 4.64. The molecule has 0 fully saturated rings. The molecule has 0 unspecified atom stereocenters. The second-order valence-corrected chi connectivity index (χ2v) is 9.06. The molecule has 3 rings (SSSR count). The fourth-order valence-corrected chi connectivity index (χ4v) is 4.79. The molecule has 26 heavy (non-hydrogen) atoms. The molecule has 0 amide bonds. The van der Waals surface area contributed by atoms with Gasteiger partial charge in [-0.15, -0.1) is 11.3 Å². The molecule has 1 aromatic heterocycles. The fourth-order valence-electron chi connectivity index (χ4n) is 3.36. The number of nitrogens with zero attached hydrogens (tertiary/aromatic N) is 2. The average molecular weight is 395 g/mol. The van der Waals surface area contributed by atoms with Crippen LogP contribution in [0.1, 0.15) is 56.7 Å². The minimum atomic E-state index is -4.15. The Balaban J connectivity index is 1.61. The molecule has 1 aliphatic heterocycles. The average Bonchev–Trinajstić information content (AvgIpc) is 3.23. The largest absolute Gasteiger partial charge is 0.317 e. The van der Waals surface area contributed by atoms with E-state index in [1.807, 2.05) is 0 Å². The van der Waals surface area contributed by atoms with E-state index in [9.17, 15) is 13.0 Å². The van der Waals surface area contributed by atoms with Gasteiger partial charge in [0, 0.05) is 17.6 Å². The summed E-state index contributed by atoms with van der Waals surface area (Å²) < 4.78 is 31.8. The summed E-state index contributed by atoms with van der Waals surface area (Å²) in [5.74, 6) is 0. The van der Waals surface area contributed by atoms with Crippen LogP contribution in [0, 0.1) is 0 Å². The number of unbranched alkanes of at least 4 members (excludes halogenated alkanes) is 5. The van der Waals surface area contributed by atoms with Gasteiger partial charge < -0.3 is 4.90 Å². The van der Waals surface area contributed by atoms with Gasteiger partial charge in [0.25, 0.3) is 10.1 Å². The number of aryl methyl sites for hydroxylation is 1. The van der Waals surface area contributed by atoms with Gasteiger partial charge in [-0.1, -0.05) is 39.0 Å². The Kier molecular flexibility index (Phi) is 6.32. The number of aromatic nitrogens is 1. The van der Waals surface area contributed by atoms with Crippen molar-refractivity contribution >= 4 is 32.3 Å². The molecule has 0 radical (unpaired) electrons. The first-order valence-electron chi connectivity index (χ1n) is 9.31. The molecule has 0 saturated heterocycles. The molecule has 1 N–H and O–H groups in total. The summed E-state index contributed by atoms with van der Waals surface area (Å²) >= 11 is 1.64. The number of fused-ring (bicyclic) bond motifs is 1. The summed E-state index contributed by atoms with van der Waals surface area (Å²) in [5, 5.41) is 3.09. The van der Waals surface area contributed by atoms with Gasteiger partial charge in [0.15, 0.2) is 5.13 Å². The lowest BCUT2D eigenvalue weighted by atomic mass is 10.1. The van der Waals surface area contributed by atoms with Gasteiger partial charge in [-0.2, -0.15) is 8.42 Å². The van der Waals surface area contributed by atoms with E-state index in [0.29, 0.717) is 0 Å². The van der Waals surface area contributed by atoms with Gasteiger partial charge in [0.05, 0.1) is 10.6 Å². The van der Waals surface area contributed by atoms with E-state index >= 15 is 0 Å².